The number of benzene rings is 5. The molecule has 258 valence electrons. The molecule has 0 atom stereocenters. The highest BCUT2D eigenvalue weighted by Gasteiger charge is 2.25. The monoisotopic (exact) mass is 746 g/mol. The Bertz CT molecular complexity index is 2420. The van der Waals surface area contributed by atoms with Gasteiger partial charge in [-0.05, 0) is 68.4 Å². The van der Waals surface area contributed by atoms with Crippen LogP contribution in [0.2, 0.25) is 0 Å². The minimum absolute atomic E-state index is 0.00217. The van der Waals surface area contributed by atoms with E-state index in [9.17, 15) is 25.9 Å². The third-order valence-corrected chi connectivity index (χ3v) is 12.1. The van der Waals surface area contributed by atoms with Crippen molar-refractivity contribution in [3.8, 4) is 22.5 Å². The molecule has 6 rings (SSSR count). The Morgan fingerprint density at radius 2 is 1.44 bits per heavy atom. The standard InChI is InChI=1S/C37H34N2O7S4/c1-3-38(24-47-28-11-7-5-8-12-28)26-15-18-31-34(21-26)46-35-22-27(39(4-2)25-48-29-13-9-6-10-14-29)16-19-32(35)37(31)33-20-17-30(49(40,41)42)23-36(33)50(43,44)45/h5-23H,3-4,24-25H2,1-2H3,(H-,40,41,42,43,44,45). The number of nitrogens with zero attached hydrogens (tertiary/aromatic N) is 2. The summed E-state index contributed by atoms with van der Waals surface area (Å²) in [5.74, 6) is 1.77. The number of thioether (sulfide) groups is 2. The summed E-state index contributed by atoms with van der Waals surface area (Å²) in [6, 6.07) is 34.4. The third-order valence-electron chi connectivity index (χ3n) is 8.23. The lowest BCUT2D eigenvalue weighted by molar-refractivity contribution is 0.463. The summed E-state index contributed by atoms with van der Waals surface area (Å²) in [5, 5.41) is 1.40. The van der Waals surface area contributed by atoms with Gasteiger partial charge >= 0.3 is 0 Å². The first-order valence-corrected chi connectivity index (χ1v) is 20.5. The Morgan fingerprint density at radius 3 is 2.06 bits per heavy atom. The van der Waals surface area contributed by atoms with Crippen molar-refractivity contribution in [2.24, 2.45) is 0 Å². The first kappa shape index (κ1) is 35.7. The fourth-order valence-electron chi connectivity index (χ4n) is 5.66. The van der Waals surface area contributed by atoms with Crippen LogP contribution in [0.1, 0.15) is 13.8 Å². The van der Waals surface area contributed by atoms with Crippen LogP contribution in [0, 0.1) is 0 Å². The van der Waals surface area contributed by atoms with Crippen molar-refractivity contribution in [3.05, 3.63) is 121 Å². The van der Waals surface area contributed by atoms with E-state index in [1.165, 1.54) is 6.07 Å². The van der Waals surface area contributed by atoms with Crippen LogP contribution in [0.15, 0.2) is 139 Å². The van der Waals surface area contributed by atoms with Gasteiger partial charge in [0.1, 0.15) is 28.0 Å². The van der Waals surface area contributed by atoms with Gasteiger partial charge in [-0.1, -0.05) is 54.2 Å². The van der Waals surface area contributed by atoms with Crippen molar-refractivity contribution in [1.29, 1.82) is 0 Å². The van der Waals surface area contributed by atoms with Crippen LogP contribution >= 0.6 is 23.5 Å². The molecule has 1 aliphatic heterocycles. The van der Waals surface area contributed by atoms with E-state index >= 15 is 0 Å². The molecule has 0 fully saturated rings. The van der Waals surface area contributed by atoms with Gasteiger partial charge in [-0.3, -0.25) is 4.55 Å². The van der Waals surface area contributed by atoms with Crippen LogP contribution in [-0.2, 0) is 20.2 Å². The summed E-state index contributed by atoms with van der Waals surface area (Å²) in [4.78, 5) is 2.98. The molecule has 0 saturated carbocycles. The van der Waals surface area contributed by atoms with Gasteiger partial charge in [0.2, 0.25) is 5.36 Å². The average molecular weight is 747 g/mol. The van der Waals surface area contributed by atoms with Crippen LogP contribution in [0.3, 0.4) is 0 Å². The van der Waals surface area contributed by atoms with Gasteiger partial charge in [-0.15, -0.1) is 11.8 Å². The van der Waals surface area contributed by atoms with Crippen molar-refractivity contribution in [2.75, 3.05) is 29.7 Å². The number of hydrogen-bond donors (Lipinski definition) is 1. The molecule has 0 amide bonds. The minimum atomic E-state index is -5.20. The first-order valence-electron chi connectivity index (χ1n) is 15.7. The van der Waals surface area contributed by atoms with Crippen LogP contribution in [-0.4, -0.2) is 50.8 Å². The molecule has 0 unspecified atom stereocenters. The van der Waals surface area contributed by atoms with Crippen molar-refractivity contribution in [1.82, 2.24) is 4.58 Å². The summed E-state index contributed by atoms with van der Waals surface area (Å²) < 4.78 is 80.3. The maximum Gasteiger partial charge on any atom is 0.294 e. The van der Waals surface area contributed by atoms with E-state index < -0.39 is 30.0 Å². The topological polar surface area (TPSA) is 131 Å². The van der Waals surface area contributed by atoms with Gasteiger partial charge in [0.15, 0.2) is 5.88 Å². The highest BCUT2D eigenvalue weighted by atomic mass is 32.2. The lowest BCUT2D eigenvalue weighted by atomic mass is 9.93. The van der Waals surface area contributed by atoms with Gasteiger partial charge in [-0.25, -0.2) is 13.0 Å². The van der Waals surface area contributed by atoms with E-state index in [4.69, 9.17) is 4.42 Å². The third kappa shape index (κ3) is 7.93. The summed E-state index contributed by atoms with van der Waals surface area (Å²) in [7, 11) is -9.99. The van der Waals surface area contributed by atoms with Gasteiger partial charge < -0.3 is 13.9 Å². The van der Waals surface area contributed by atoms with E-state index in [0.29, 0.717) is 58.8 Å². The predicted molar refractivity (Wildman–Crippen MR) is 199 cm³/mol. The molecular weight excluding hydrogens is 713 g/mol. The van der Waals surface area contributed by atoms with E-state index in [1.54, 1.807) is 23.5 Å². The molecule has 0 aromatic heterocycles. The quantitative estimate of drug-likeness (QED) is 0.0442. The number of fused-ring (bicyclic) bond motifs is 2. The fourth-order valence-corrected chi connectivity index (χ4v) is 8.93. The second-order valence-corrected chi connectivity index (χ2v) is 16.1. The van der Waals surface area contributed by atoms with Crippen molar-refractivity contribution >= 4 is 60.4 Å². The van der Waals surface area contributed by atoms with Gasteiger partial charge in [0.05, 0.1) is 21.7 Å². The first-order chi connectivity index (χ1) is 24.0. The Hall–Kier alpha value is -4.11. The molecule has 0 spiro atoms. The summed E-state index contributed by atoms with van der Waals surface area (Å²) >= 11 is 3.38. The second-order valence-electron chi connectivity index (χ2n) is 11.3. The summed E-state index contributed by atoms with van der Waals surface area (Å²) in [5.41, 5.74) is 2.23. The lowest BCUT2D eigenvalue weighted by Gasteiger charge is -2.24. The van der Waals surface area contributed by atoms with Crippen molar-refractivity contribution in [3.63, 3.8) is 0 Å². The van der Waals surface area contributed by atoms with E-state index in [2.05, 4.69) is 47.6 Å². The van der Waals surface area contributed by atoms with Gasteiger partial charge in [0, 0.05) is 56.2 Å². The minimum Gasteiger partial charge on any atom is -0.744 e. The average Bonchev–Trinajstić information content (AvgIpc) is 3.11. The van der Waals surface area contributed by atoms with Gasteiger partial charge in [0.25, 0.3) is 10.1 Å². The Balaban J connectivity index is 1.56. The lowest BCUT2D eigenvalue weighted by Crippen LogP contribution is -2.29. The largest absolute Gasteiger partial charge is 0.744 e. The number of anilines is 1. The Labute approximate surface area is 300 Å². The Kier molecular flexibility index (Phi) is 10.7. The fraction of sp³-hybridized carbons (Fsp3) is 0.162. The van der Waals surface area contributed by atoms with Crippen LogP contribution in [0.25, 0.3) is 33.4 Å². The van der Waals surface area contributed by atoms with E-state index in [1.807, 2.05) is 72.8 Å². The molecule has 0 radical (unpaired) electrons. The molecule has 2 aliphatic rings. The van der Waals surface area contributed by atoms with Gasteiger partial charge in [-0.2, -0.15) is 8.42 Å². The maximum atomic E-state index is 12.6. The molecule has 1 heterocycles. The highest BCUT2D eigenvalue weighted by molar-refractivity contribution is 7.99. The maximum absolute atomic E-state index is 12.6. The zero-order valence-corrected chi connectivity index (χ0v) is 30.5. The molecule has 4 aromatic carbocycles. The molecular formula is C37H34N2O7S4. The molecule has 1 N–H and O–H groups in total. The molecule has 50 heavy (non-hydrogen) atoms. The summed E-state index contributed by atoms with van der Waals surface area (Å²) in [6.07, 6.45) is 0. The van der Waals surface area contributed by atoms with Crippen LogP contribution in [0.5, 0.6) is 0 Å². The zero-order chi connectivity index (χ0) is 35.5. The number of hydrogen-bond acceptors (Lipinski definition) is 9. The molecule has 13 heteroatoms. The molecule has 1 aliphatic carbocycles. The number of rotatable bonds is 12. The van der Waals surface area contributed by atoms with E-state index in [0.717, 1.165) is 26.9 Å². The van der Waals surface area contributed by atoms with E-state index in [-0.39, 0.29) is 5.56 Å². The smallest absolute Gasteiger partial charge is 0.294 e. The zero-order valence-electron chi connectivity index (χ0n) is 27.2. The van der Waals surface area contributed by atoms with Crippen molar-refractivity contribution in [2.45, 2.75) is 33.4 Å². The molecule has 0 bridgehead atoms. The second kappa shape index (κ2) is 15.0. The molecule has 9 nitrogen and oxygen atoms in total. The molecule has 4 aromatic rings. The predicted octanol–water partition coefficient (Wildman–Crippen LogP) is 7.47. The molecule has 0 saturated heterocycles. The SMILES string of the molecule is CCN(CSc1ccccc1)c1ccc2c(-c3ccc(S(=O)(=O)O)cc3S(=O)(=O)[O-])c3cc/c(=[N+](\CC)CSc4ccccc4)cc-3oc2c1. The normalized spacial score (nSPS) is 12.7. The van der Waals surface area contributed by atoms with Crippen molar-refractivity contribution < 1.29 is 30.4 Å². The Morgan fingerprint density at radius 1 is 0.780 bits per heavy atom. The van der Waals surface area contributed by atoms with Crippen LogP contribution < -0.4 is 14.8 Å². The summed E-state index contributed by atoms with van der Waals surface area (Å²) in [6.45, 7) is 5.52. The van der Waals surface area contributed by atoms with Crippen LogP contribution in [0.4, 0.5) is 5.69 Å². The highest BCUT2D eigenvalue weighted by Crippen LogP contribution is 2.43.